The zero-order chi connectivity index (χ0) is 23.2. The first-order valence-corrected chi connectivity index (χ1v) is 12.5. The van der Waals surface area contributed by atoms with Gasteiger partial charge < -0.3 is 4.90 Å². The molecular formula is C27H27N5OS. The second-order valence-electron chi connectivity index (χ2n) is 8.33. The normalized spacial score (nSPS) is 14.8. The van der Waals surface area contributed by atoms with E-state index < -0.39 is 0 Å². The highest BCUT2D eigenvalue weighted by atomic mass is 32.2. The second-order valence-corrected chi connectivity index (χ2v) is 9.27. The average Bonchev–Trinajstić information content (AvgIpc) is 3.35. The molecule has 2 heterocycles. The average molecular weight is 470 g/mol. The monoisotopic (exact) mass is 469 g/mol. The molecule has 4 aromatic rings. The van der Waals surface area contributed by atoms with Gasteiger partial charge in [-0.05, 0) is 28.0 Å². The van der Waals surface area contributed by atoms with Crippen molar-refractivity contribution in [2.24, 2.45) is 0 Å². The number of thioether (sulfide) groups is 1. The lowest BCUT2D eigenvalue weighted by atomic mass is 10.0. The highest BCUT2D eigenvalue weighted by Crippen LogP contribution is 2.21. The van der Waals surface area contributed by atoms with Crippen LogP contribution in [0.4, 0.5) is 0 Å². The van der Waals surface area contributed by atoms with Gasteiger partial charge in [0.2, 0.25) is 11.1 Å². The van der Waals surface area contributed by atoms with Crippen molar-refractivity contribution >= 4 is 40.6 Å². The van der Waals surface area contributed by atoms with Gasteiger partial charge in [0.15, 0.2) is 0 Å². The highest BCUT2D eigenvalue weighted by molar-refractivity contribution is 7.99. The summed E-state index contributed by atoms with van der Waals surface area (Å²) in [6, 6.07) is 25.0. The van der Waals surface area contributed by atoms with Gasteiger partial charge in [-0.15, -0.1) is 5.10 Å². The Hall–Kier alpha value is -3.42. The molecule has 0 saturated carbocycles. The Labute approximate surface area is 203 Å². The summed E-state index contributed by atoms with van der Waals surface area (Å²) in [6.07, 6.45) is 3.88. The third-order valence-electron chi connectivity index (χ3n) is 6.04. The van der Waals surface area contributed by atoms with E-state index in [1.807, 2.05) is 47.4 Å². The van der Waals surface area contributed by atoms with Crippen LogP contribution in [-0.4, -0.2) is 62.8 Å². The fourth-order valence-corrected chi connectivity index (χ4v) is 4.89. The fourth-order valence-electron chi connectivity index (χ4n) is 4.18. The maximum absolute atomic E-state index is 12.7. The Morgan fingerprint density at radius 2 is 1.68 bits per heavy atom. The minimum atomic E-state index is 0.140. The van der Waals surface area contributed by atoms with E-state index in [0.29, 0.717) is 16.7 Å². The van der Waals surface area contributed by atoms with Crippen LogP contribution < -0.4 is 0 Å². The van der Waals surface area contributed by atoms with Gasteiger partial charge in [-0.1, -0.05) is 90.6 Å². The molecule has 5 rings (SSSR count). The number of piperazine rings is 1. The minimum Gasteiger partial charge on any atom is -0.339 e. The van der Waals surface area contributed by atoms with E-state index in [0.717, 1.165) is 38.3 Å². The summed E-state index contributed by atoms with van der Waals surface area (Å²) in [5.74, 6) is 1.17. The maximum Gasteiger partial charge on any atom is 0.233 e. The van der Waals surface area contributed by atoms with Crippen molar-refractivity contribution in [2.45, 2.75) is 11.7 Å². The number of fused-ring (bicyclic) bond motifs is 1. The van der Waals surface area contributed by atoms with Crippen molar-refractivity contribution in [3.05, 3.63) is 89.7 Å². The Balaban J connectivity index is 1.09. The number of H-pyrrole nitrogens is 1. The molecule has 1 amide bonds. The third kappa shape index (κ3) is 5.55. The van der Waals surface area contributed by atoms with Crippen LogP contribution in [0.3, 0.4) is 0 Å². The molecule has 6 nitrogen and oxygen atoms in total. The van der Waals surface area contributed by atoms with Gasteiger partial charge in [0.05, 0.1) is 5.75 Å². The number of nitrogens with one attached hydrogen (secondary N) is 1. The molecule has 0 spiro atoms. The van der Waals surface area contributed by atoms with E-state index in [9.17, 15) is 4.79 Å². The van der Waals surface area contributed by atoms with Crippen LogP contribution in [0.15, 0.2) is 78.0 Å². The van der Waals surface area contributed by atoms with Gasteiger partial charge in [-0.3, -0.25) is 14.8 Å². The fraction of sp³-hybridized carbons (Fsp3) is 0.222. The summed E-state index contributed by atoms with van der Waals surface area (Å²) in [4.78, 5) is 21.6. The van der Waals surface area contributed by atoms with Gasteiger partial charge >= 0.3 is 0 Å². The van der Waals surface area contributed by atoms with E-state index in [-0.39, 0.29) is 5.91 Å². The minimum absolute atomic E-state index is 0.140. The van der Waals surface area contributed by atoms with Gasteiger partial charge in [0.1, 0.15) is 5.82 Å². The molecule has 172 valence electrons. The lowest BCUT2D eigenvalue weighted by Gasteiger charge is -2.34. The van der Waals surface area contributed by atoms with Crippen LogP contribution >= 0.6 is 11.8 Å². The first-order chi connectivity index (χ1) is 16.7. The van der Waals surface area contributed by atoms with Crippen LogP contribution in [0.5, 0.6) is 0 Å². The summed E-state index contributed by atoms with van der Waals surface area (Å²) in [7, 11) is 0. The molecule has 0 aliphatic carbocycles. The molecule has 0 radical (unpaired) electrons. The number of carbonyl (C=O) groups is 1. The quantitative estimate of drug-likeness (QED) is 0.402. The number of hydrogen-bond acceptors (Lipinski definition) is 5. The summed E-state index contributed by atoms with van der Waals surface area (Å²) in [6.45, 7) is 4.18. The first-order valence-electron chi connectivity index (χ1n) is 11.5. The molecule has 1 N–H and O–H groups in total. The van der Waals surface area contributed by atoms with Crippen LogP contribution in [0.25, 0.3) is 22.9 Å². The lowest BCUT2D eigenvalue weighted by Crippen LogP contribution is -2.48. The number of aromatic nitrogens is 3. The number of amides is 1. The largest absolute Gasteiger partial charge is 0.339 e. The molecule has 7 heteroatoms. The van der Waals surface area contributed by atoms with Gasteiger partial charge in [-0.2, -0.15) is 0 Å². The number of hydrogen-bond donors (Lipinski definition) is 1. The highest BCUT2D eigenvalue weighted by Gasteiger charge is 2.22. The Morgan fingerprint density at radius 3 is 2.53 bits per heavy atom. The van der Waals surface area contributed by atoms with E-state index in [1.54, 1.807) is 0 Å². The van der Waals surface area contributed by atoms with E-state index in [1.165, 1.54) is 28.1 Å². The van der Waals surface area contributed by atoms with Crippen molar-refractivity contribution in [3.63, 3.8) is 0 Å². The maximum atomic E-state index is 12.7. The molecule has 1 aliphatic heterocycles. The Kier molecular flexibility index (Phi) is 7.02. The predicted molar refractivity (Wildman–Crippen MR) is 138 cm³/mol. The van der Waals surface area contributed by atoms with Crippen molar-refractivity contribution < 1.29 is 4.79 Å². The zero-order valence-corrected chi connectivity index (χ0v) is 19.7. The smallest absolute Gasteiger partial charge is 0.233 e. The molecule has 1 saturated heterocycles. The molecule has 1 aliphatic rings. The molecule has 1 fully saturated rings. The van der Waals surface area contributed by atoms with E-state index in [2.05, 4.69) is 62.5 Å². The van der Waals surface area contributed by atoms with Crippen LogP contribution in [-0.2, 0) is 11.3 Å². The third-order valence-corrected chi connectivity index (χ3v) is 6.87. The van der Waals surface area contributed by atoms with Crippen LogP contribution in [0.1, 0.15) is 17.0 Å². The van der Waals surface area contributed by atoms with Crippen LogP contribution in [0.2, 0.25) is 0 Å². The predicted octanol–water partition coefficient (Wildman–Crippen LogP) is 4.56. The molecule has 1 aromatic heterocycles. The lowest BCUT2D eigenvalue weighted by molar-refractivity contribution is -0.130. The van der Waals surface area contributed by atoms with Crippen molar-refractivity contribution in [3.8, 4) is 0 Å². The van der Waals surface area contributed by atoms with Crippen molar-refractivity contribution in [2.75, 3.05) is 31.9 Å². The van der Waals surface area contributed by atoms with Crippen molar-refractivity contribution in [1.82, 2.24) is 25.0 Å². The molecule has 0 bridgehead atoms. The number of benzene rings is 3. The van der Waals surface area contributed by atoms with E-state index in [4.69, 9.17) is 0 Å². The SMILES string of the molecule is O=C(CSc1n[nH]c(/C=C/c2ccccc2)n1)N1CCN(Cc2cccc3ccccc23)CC1. The zero-order valence-electron chi connectivity index (χ0n) is 18.9. The van der Waals surface area contributed by atoms with Gasteiger partial charge in [-0.25, -0.2) is 4.98 Å². The molecule has 34 heavy (non-hydrogen) atoms. The second kappa shape index (κ2) is 10.7. The summed E-state index contributed by atoms with van der Waals surface area (Å²) in [5.41, 5.74) is 2.44. The Bertz CT molecular complexity index is 1270. The molecule has 3 aromatic carbocycles. The van der Waals surface area contributed by atoms with Gasteiger partial charge in [0.25, 0.3) is 0 Å². The molecular weight excluding hydrogens is 442 g/mol. The number of rotatable bonds is 7. The van der Waals surface area contributed by atoms with Crippen LogP contribution in [0, 0.1) is 0 Å². The van der Waals surface area contributed by atoms with Crippen molar-refractivity contribution in [1.29, 1.82) is 0 Å². The van der Waals surface area contributed by atoms with E-state index >= 15 is 0 Å². The summed E-state index contributed by atoms with van der Waals surface area (Å²) < 4.78 is 0. The number of carbonyl (C=O) groups excluding carboxylic acids is 1. The molecule has 0 unspecified atom stereocenters. The Morgan fingerprint density at radius 1 is 0.912 bits per heavy atom. The summed E-state index contributed by atoms with van der Waals surface area (Å²) >= 11 is 1.38. The topological polar surface area (TPSA) is 65.1 Å². The van der Waals surface area contributed by atoms with Gasteiger partial charge in [0, 0.05) is 32.7 Å². The summed E-state index contributed by atoms with van der Waals surface area (Å²) in [5, 5.41) is 10.3. The molecule has 0 atom stereocenters. The first kappa shape index (κ1) is 22.4. The number of nitrogens with zero attached hydrogens (tertiary/aromatic N) is 4. The number of aromatic amines is 1. The standard InChI is InChI=1S/C27H27N5OS/c33-26(20-34-27-28-25(29-30-27)14-13-21-7-2-1-3-8-21)32-17-15-31(16-18-32)19-23-11-6-10-22-9-4-5-12-24(22)23/h1-14H,15-20H2,(H,28,29,30)/b14-13+.